The monoisotopic (exact) mass is 359 g/mol. The average Bonchev–Trinajstić information content (AvgIpc) is 3.05. The van der Waals surface area contributed by atoms with Crippen molar-refractivity contribution in [3.63, 3.8) is 0 Å². The van der Waals surface area contributed by atoms with Crippen LogP contribution < -0.4 is 5.32 Å². The molecule has 0 aliphatic heterocycles. The van der Waals surface area contributed by atoms with Crippen molar-refractivity contribution in [2.24, 2.45) is 0 Å². The van der Waals surface area contributed by atoms with Crippen LogP contribution in [0, 0.1) is 40.9 Å². The Labute approximate surface area is 153 Å². The fourth-order valence-electron chi connectivity index (χ4n) is 2.31. The van der Waals surface area contributed by atoms with E-state index in [0.29, 0.717) is 21.7 Å². The lowest BCUT2D eigenvalue weighted by atomic mass is 10.1. The molecule has 0 saturated heterocycles. The van der Waals surface area contributed by atoms with Crippen LogP contribution in [0.4, 0.5) is 5.69 Å². The van der Waals surface area contributed by atoms with E-state index in [0.717, 1.165) is 11.3 Å². The minimum Gasteiger partial charge on any atom is -0.345 e. The van der Waals surface area contributed by atoms with E-state index in [4.69, 9.17) is 22.1 Å². The number of aromatic nitrogens is 3. The smallest absolute Gasteiger partial charge is 0.163 e. The molecule has 7 nitrogen and oxygen atoms in total. The van der Waals surface area contributed by atoms with E-state index < -0.39 is 0 Å². The molecule has 0 radical (unpaired) electrons. The minimum absolute atomic E-state index is 0.109. The van der Waals surface area contributed by atoms with E-state index in [9.17, 15) is 5.26 Å². The lowest BCUT2D eigenvalue weighted by Gasteiger charge is -2.07. The van der Waals surface area contributed by atoms with Gasteiger partial charge in [-0.3, -0.25) is 0 Å². The summed E-state index contributed by atoms with van der Waals surface area (Å²) in [5.41, 5.74) is 3.00. The maximum Gasteiger partial charge on any atom is 0.163 e. The van der Waals surface area contributed by atoms with Gasteiger partial charge in [-0.1, -0.05) is 11.6 Å². The van der Waals surface area contributed by atoms with E-state index >= 15 is 0 Å². The Morgan fingerprint density at radius 1 is 1.00 bits per heavy atom. The Morgan fingerprint density at radius 2 is 1.62 bits per heavy atom. The summed E-state index contributed by atoms with van der Waals surface area (Å²) in [6.45, 7) is 1.83. The summed E-state index contributed by atoms with van der Waals surface area (Å²) >= 11 is 5.90. The Bertz CT molecular complexity index is 1140. The van der Waals surface area contributed by atoms with E-state index in [1.165, 1.54) is 4.80 Å². The maximum absolute atomic E-state index is 9.18. The third-order valence-corrected chi connectivity index (χ3v) is 3.88. The van der Waals surface area contributed by atoms with Gasteiger partial charge in [0, 0.05) is 10.7 Å². The molecule has 0 spiro atoms. The lowest BCUT2D eigenvalue weighted by molar-refractivity contribution is 0.766. The van der Waals surface area contributed by atoms with Crippen molar-refractivity contribution >= 4 is 28.3 Å². The van der Waals surface area contributed by atoms with Crippen LogP contribution >= 0.6 is 11.6 Å². The first-order valence-corrected chi connectivity index (χ1v) is 7.78. The number of fused-ring (bicyclic) bond motifs is 1. The summed E-state index contributed by atoms with van der Waals surface area (Å²) in [5, 5.41) is 39.4. The number of hydrogen-bond acceptors (Lipinski definition) is 6. The van der Waals surface area contributed by atoms with Crippen molar-refractivity contribution in [2.75, 3.05) is 5.32 Å². The summed E-state index contributed by atoms with van der Waals surface area (Å²) in [5.74, 6) is 0. The molecule has 26 heavy (non-hydrogen) atoms. The number of hydrogen-bond donors (Lipinski definition) is 1. The third-order valence-electron chi connectivity index (χ3n) is 3.63. The Balaban J connectivity index is 2.05. The van der Waals surface area contributed by atoms with Crippen LogP contribution in [-0.4, -0.2) is 15.0 Å². The van der Waals surface area contributed by atoms with Gasteiger partial charge in [0.05, 0.1) is 5.69 Å². The first-order chi connectivity index (χ1) is 12.5. The SMILES string of the molecule is Cc1cc2nn(-c3ccc(Cl)cc3)nc2cc1NC(C#N)=C(C#N)C#N. The van der Waals surface area contributed by atoms with Crippen LogP contribution in [0.25, 0.3) is 16.7 Å². The van der Waals surface area contributed by atoms with Crippen LogP contribution in [0.5, 0.6) is 0 Å². The second kappa shape index (κ2) is 6.94. The second-order valence-corrected chi connectivity index (χ2v) is 5.77. The number of nitriles is 3. The third kappa shape index (κ3) is 3.18. The topological polar surface area (TPSA) is 114 Å². The molecule has 0 aliphatic carbocycles. The number of allylic oxidation sites excluding steroid dienone is 2. The van der Waals surface area contributed by atoms with Crippen LogP contribution in [0.2, 0.25) is 5.02 Å². The number of rotatable bonds is 3. The van der Waals surface area contributed by atoms with Crippen LogP contribution in [0.3, 0.4) is 0 Å². The van der Waals surface area contributed by atoms with Crippen LogP contribution in [-0.2, 0) is 0 Å². The normalized spacial score (nSPS) is 9.81. The maximum atomic E-state index is 9.18. The first-order valence-electron chi connectivity index (χ1n) is 7.41. The van der Waals surface area contributed by atoms with Crippen molar-refractivity contribution in [1.82, 2.24) is 15.0 Å². The van der Waals surface area contributed by atoms with Gasteiger partial charge in [-0.15, -0.1) is 10.2 Å². The highest BCUT2D eigenvalue weighted by Gasteiger charge is 2.12. The van der Waals surface area contributed by atoms with Gasteiger partial charge in [-0.05, 0) is 48.9 Å². The number of nitrogens with zero attached hydrogens (tertiary/aromatic N) is 6. The fraction of sp³-hybridized carbons (Fsp3) is 0.0556. The molecule has 1 aromatic heterocycles. The van der Waals surface area contributed by atoms with E-state index in [-0.39, 0.29) is 11.3 Å². The molecule has 0 unspecified atom stereocenters. The van der Waals surface area contributed by atoms with Crippen molar-refractivity contribution in [3.8, 4) is 23.9 Å². The number of aryl methyl sites for hydroxylation is 1. The van der Waals surface area contributed by atoms with E-state index in [1.807, 2.05) is 19.1 Å². The van der Waals surface area contributed by atoms with Gasteiger partial charge in [0.15, 0.2) is 5.57 Å². The number of nitrogens with one attached hydrogen (secondary N) is 1. The molecule has 2 aromatic carbocycles. The standard InChI is InChI=1S/C18H10ClN7/c1-11-6-16-17(7-15(11)23-18(10-22)12(8-20)9-21)25-26(24-16)14-4-2-13(19)3-5-14/h2-7,23H,1H3. The zero-order chi connectivity index (χ0) is 18.7. The molecular weight excluding hydrogens is 350 g/mol. The fourth-order valence-corrected chi connectivity index (χ4v) is 2.44. The largest absolute Gasteiger partial charge is 0.345 e. The summed E-state index contributed by atoms with van der Waals surface area (Å²) in [6, 6.07) is 15.9. The Kier molecular flexibility index (Phi) is 4.53. The molecule has 3 aromatic rings. The highest BCUT2D eigenvalue weighted by Crippen LogP contribution is 2.24. The quantitative estimate of drug-likeness (QED) is 0.714. The van der Waals surface area contributed by atoms with Gasteiger partial charge < -0.3 is 5.32 Å². The molecule has 0 amide bonds. The molecule has 0 aliphatic rings. The van der Waals surface area contributed by atoms with Gasteiger partial charge in [0.25, 0.3) is 0 Å². The lowest BCUT2D eigenvalue weighted by Crippen LogP contribution is -2.02. The van der Waals surface area contributed by atoms with Crippen molar-refractivity contribution in [3.05, 3.63) is 58.3 Å². The van der Waals surface area contributed by atoms with Crippen molar-refractivity contribution in [1.29, 1.82) is 15.8 Å². The highest BCUT2D eigenvalue weighted by molar-refractivity contribution is 6.30. The average molecular weight is 360 g/mol. The molecule has 1 N–H and O–H groups in total. The number of anilines is 1. The second-order valence-electron chi connectivity index (χ2n) is 5.33. The van der Waals surface area contributed by atoms with E-state index in [1.54, 1.807) is 42.5 Å². The first kappa shape index (κ1) is 17.0. The summed E-state index contributed by atoms with van der Waals surface area (Å²) in [4.78, 5) is 1.49. The molecule has 1 heterocycles. The van der Waals surface area contributed by atoms with Gasteiger partial charge in [-0.2, -0.15) is 20.6 Å². The van der Waals surface area contributed by atoms with E-state index in [2.05, 4.69) is 15.5 Å². The molecule has 0 bridgehead atoms. The Morgan fingerprint density at radius 3 is 2.19 bits per heavy atom. The Hall–Kier alpha value is -3.86. The van der Waals surface area contributed by atoms with Crippen molar-refractivity contribution < 1.29 is 0 Å². The van der Waals surface area contributed by atoms with Gasteiger partial charge >= 0.3 is 0 Å². The molecular formula is C18H10ClN7. The summed E-state index contributed by atoms with van der Waals surface area (Å²) in [6.07, 6.45) is 0. The highest BCUT2D eigenvalue weighted by atomic mass is 35.5. The zero-order valence-electron chi connectivity index (χ0n) is 13.5. The minimum atomic E-state index is -0.281. The van der Waals surface area contributed by atoms with Gasteiger partial charge in [0.2, 0.25) is 0 Å². The number of halogens is 1. The number of benzene rings is 2. The zero-order valence-corrected chi connectivity index (χ0v) is 14.3. The summed E-state index contributed by atoms with van der Waals surface area (Å²) in [7, 11) is 0. The molecule has 0 atom stereocenters. The molecule has 124 valence electrons. The predicted octanol–water partition coefficient (Wildman–Crippen LogP) is 3.62. The van der Waals surface area contributed by atoms with Gasteiger partial charge in [0.1, 0.15) is 34.9 Å². The van der Waals surface area contributed by atoms with Crippen molar-refractivity contribution in [2.45, 2.75) is 6.92 Å². The summed E-state index contributed by atoms with van der Waals surface area (Å²) < 4.78 is 0. The predicted molar refractivity (Wildman–Crippen MR) is 96.1 cm³/mol. The van der Waals surface area contributed by atoms with Crippen LogP contribution in [0.1, 0.15) is 5.56 Å². The van der Waals surface area contributed by atoms with Crippen LogP contribution in [0.15, 0.2) is 47.7 Å². The van der Waals surface area contributed by atoms with Gasteiger partial charge in [-0.25, -0.2) is 0 Å². The molecule has 0 fully saturated rings. The molecule has 0 saturated carbocycles. The molecule has 8 heteroatoms. The molecule has 3 rings (SSSR count).